The first-order valence-corrected chi connectivity index (χ1v) is 2.04. The van der Waals surface area contributed by atoms with Gasteiger partial charge in [-0.1, -0.05) is 0 Å². The van der Waals surface area contributed by atoms with Crippen LogP contribution in [0, 0.1) is 0 Å². The number of furan rings is 1. The molecule has 0 fully saturated rings. The van der Waals surface area contributed by atoms with Crippen LogP contribution in [-0.2, 0) is 0 Å². The van der Waals surface area contributed by atoms with Gasteiger partial charge in [0.15, 0.2) is 0 Å². The molecular formula is C5H5Cl2FO2. The van der Waals surface area contributed by atoms with Crippen LogP contribution in [0.2, 0.25) is 0 Å². The molecule has 2 nitrogen and oxygen atoms in total. The van der Waals surface area contributed by atoms with Crippen molar-refractivity contribution < 1.29 is 13.6 Å². The Morgan fingerprint density at radius 1 is 1.50 bits per heavy atom. The number of carbonyl (C=O) groups is 1. The van der Waals surface area contributed by atoms with Gasteiger partial charge in [-0.2, -0.15) is 4.39 Å². The highest BCUT2D eigenvalue weighted by molar-refractivity contribution is 5.85. The molecule has 1 aromatic rings. The third-order valence-electron chi connectivity index (χ3n) is 0.715. The van der Waals surface area contributed by atoms with Crippen LogP contribution < -0.4 is 0 Å². The molecule has 10 heavy (non-hydrogen) atoms. The molecule has 0 spiro atoms. The maximum absolute atomic E-state index is 11.5. The van der Waals surface area contributed by atoms with Crippen molar-refractivity contribution in [1.29, 1.82) is 0 Å². The summed E-state index contributed by atoms with van der Waals surface area (Å²) in [6, 6.07) is 1.18. The molecule has 0 bridgehead atoms. The van der Waals surface area contributed by atoms with E-state index in [2.05, 4.69) is 4.42 Å². The highest BCUT2D eigenvalue weighted by Gasteiger charge is 2.03. The largest absolute Gasteiger partial charge is 0.458 e. The van der Waals surface area contributed by atoms with Gasteiger partial charge in [0, 0.05) is 0 Å². The molecule has 1 heterocycles. The van der Waals surface area contributed by atoms with E-state index in [-0.39, 0.29) is 30.6 Å². The average Bonchev–Trinajstić information content (AvgIpc) is 2.12. The topological polar surface area (TPSA) is 30.2 Å². The number of rotatable bonds is 1. The average molecular weight is 187 g/mol. The molecule has 0 radical (unpaired) electrons. The quantitative estimate of drug-likeness (QED) is 0.631. The number of hydrogen-bond donors (Lipinski definition) is 0. The van der Waals surface area contributed by atoms with Crippen molar-refractivity contribution in [3.8, 4) is 0 Å². The zero-order chi connectivity index (χ0) is 5.98. The summed E-state index contributed by atoms with van der Waals surface area (Å²) in [5, 5.41) is 0. The Balaban J connectivity index is 0. The summed E-state index contributed by atoms with van der Waals surface area (Å²) in [5.41, 5.74) is 0. The van der Waals surface area contributed by atoms with Crippen molar-refractivity contribution in [1.82, 2.24) is 0 Å². The molecule has 0 atom stereocenters. The molecule has 0 aliphatic rings. The van der Waals surface area contributed by atoms with Gasteiger partial charge in [0.1, 0.15) is 0 Å². The van der Waals surface area contributed by atoms with Gasteiger partial charge in [-0.15, -0.1) is 24.8 Å². The van der Waals surface area contributed by atoms with Crippen LogP contribution >= 0.6 is 24.8 Å². The van der Waals surface area contributed by atoms with E-state index in [0.717, 1.165) is 0 Å². The molecular weight excluding hydrogens is 182 g/mol. The molecule has 0 saturated carbocycles. The van der Waals surface area contributed by atoms with Crippen LogP contribution in [-0.4, -0.2) is 6.04 Å². The maximum atomic E-state index is 11.5. The van der Waals surface area contributed by atoms with E-state index >= 15 is 0 Å². The molecule has 1 aromatic heterocycles. The van der Waals surface area contributed by atoms with Crippen LogP contribution in [0.3, 0.4) is 0 Å². The SMILES string of the molecule is Cl.Cl.O=C(F)c1ccco1. The van der Waals surface area contributed by atoms with Gasteiger partial charge in [-0.05, 0) is 12.1 Å². The van der Waals surface area contributed by atoms with Gasteiger partial charge in [-0.3, -0.25) is 4.79 Å². The summed E-state index contributed by atoms with van der Waals surface area (Å²) in [6.07, 6.45) is 1.24. The van der Waals surface area contributed by atoms with Gasteiger partial charge in [-0.25, -0.2) is 0 Å². The lowest BCUT2D eigenvalue weighted by atomic mass is 10.5. The zero-order valence-electron chi connectivity index (χ0n) is 4.74. The number of hydrogen-bond acceptors (Lipinski definition) is 2. The predicted molar refractivity (Wildman–Crippen MR) is 38.6 cm³/mol. The van der Waals surface area contributed by atoms with Crippen LogP contribution in [0.4, 0.5) is 4.39 Å². The molecule has 0 aliphatic heterocycles. The molecule has 0 unspecified atom stereocenters. The van der Waals surface area contributed by atoms with Crippen molar-refractivity contribution in [3.05, 3.63) is 24.2 Å². The Morgan fingerprint density at radius 3 is 2.30 bits per heavy atom. The maximum Gasteiger partial charge on any atom is 0.367 e. The molecule has 0 N–H and O–H groups in total. The van der Waals surface area contributed by atoms with Crippen LogP contribution in [0.1, 0.15) is 10.6 Å². The first-order valence-electron chi connectivity index (χ1n) is 2.04. The lowest BCUT2D eigenvalue weighted by molar-refractivity contribution is 0.0805. The fourth-order valence-corrected chi connectivity index (χ4v) is 0.390. The van der Waals surface area contributed by atoms with Crippen molar-refractivity contribution in [2.75, 3.05) is 0 Å². The van der Waals surface area contributed by atoms with E-state index in [9.17, 15) is 9.18 Å². The predicted octanol–water partition coefficient (Wildman–Crippen LogP) is 2.23. The smallest absolute Gasteiger partial charge is 0.367 e. The highest BCUT2D eigenvalue weighted by atomic mass is 35.5. The molecule has 0 saturated heterocycles. The fraction of sp³-hybridized carbons (Fsp3) is 0. The summed E-state index contributed by atoms with van der Waals surface area (Å²) in [4.78, 5) is 9.75. The van der Waals surface area contributed by atoms with E-state index in [0.29, 0.717) is 0 Å². The summed E-state index contributed by atoms with van der Waals surface area (Å²) in [6.45, 7) is 0. The van der Waals surface area contributed by atoms with Crippen LogP contribution in [0.5, 0.6) is 0 Å². The Bertz CT molecular complexity index is 186. The van der Waals surface area contributed by atoms with E-state index in [4.69, 9.17) is 0 Å². The minimum atomic E-state index is -1.53. The zero-order valence-corrected chi connectivity index (χ0v) is 6.38. The van der Waals surface area contributed by atoms with Crippen LogP contribution in [0.25, 0.3) is 0 Å². The first-order chi connectivity index (χ1) is 3.80. The molecule has 5 heteroatoms. The summed E-state index contributed by atoms with van der Waals surface area (Å²) >= 11 is 0. The van der Waals surface area contributed by atoms with Gasteiger partial charge in [0.25, 0.3) is 0 Å². The van der Waals surface area contributed by atoms with E-state index < -0.39 is 6.04 Å². The first kappa shape index (κ1) is 12.2. The molecule has 1 rings (SSSR count). The molecule has 0 amide bonds. The van der Waals surface area contributed by atoms with Crippen molar-refractivity contribution in [2.45, 2.75) is 0 Å². The van der Waals surface area contributed by atoms with Crippen molar-refractivity contribution >= 4 is 30.9 Å². The second kappa shape index (κ2) is 5.26. The normalized spacial score (nSPS) is 7.30. The molecule has 0 aliphatic carbocycles. The van der Waals surface area contributed by atoms with E-state index in [1.807, 2.05) is 0 Å². The third kappa shape index (κ3) is 2.85. The van der Waals surface area contributed by atoms with Crippen LogP contribution in [0.15, 0.2) is 22.8 Å². The minimum Gasteiger partial charge on any atom is -0.458 e. The summed E-state index contributed by atoms with van der Waals surface area (Å²) in [5.74, 6) is -0.245. The highest BCUT2D eigenvalue weighted by Crippen LogP contribution is 2.00. The lowest BCUT2D eigenvalue weighted by Gasteiger charge is -1.75. The fourth-order valence-electron chi connectivity index (χ4n) is 0.390. The Kier molecular flexibility index (Phi) is 6.40. The second-order valence-electron chi connectivity index (χ2n) is 1.25. The number of carbonyl (C=O) groups excluding carboxylic acids is 1. The van der Waals surface area contributed by atoms with Gasteiger partial charge >= 0.3 is 6.04 Å². The molecule has 58 valence electrons. The Morgan fingerprint density at radius 2 is 2.10 bits per heavy atom. The Hall–Kier alpha value is -0.540. The van der Waals surface area contributed by atoms with Gasteiger partial charge in [0.05, 0.1) is 6.26 Å². The van der Waals surface area contributed by atoms with Crippen molar-refractivity contribution in [3.63, 3.8) is 0 Å². The molecule has 0 aromatic carbocycles. The number of halogens is 3. The monoisotopic (exact) mass is 186 g/mol. The minimum absolute atomic E-state index is 0. The van der Waals surface area contributed by atoms with Gasteiger partial charge in [0.2, 0.25) is 5.76 Å². The third-order valence-corrected chi connectivity index (χ3v) is 0.715. The second-order valence-corrected chi connectivity index (χ2v) is 1.25. The van der Waals surface area contributed by atoms with E-state index in [1.165, 1.54) is 18.4 Å². The lowest BCUT2D eigenvalue weighted by Crippen LogP contribution is -1.82. The standard InChI is InChI=1S/C5H3FO2.2ClH/c6-5(7)4-2-1-3-8-4;;/h1-3H;2*1H. The summed E-state index contributed by atoms with van der Waals surface area (Å²) in [7, 11) is 0. The van der Waals surface area contributed by atoms with Crippen molar-refractivity contribution in [2.24, 2.45) is 0 Å². The van der Waals surface area contributed by atoms with Gasteiger partial charge < -0.3 is 4.42 Å². The van der Waals surface area contributed by atoms with E-state index in [1.54, 1.807) is 0 Å². The Labute approximate surface area is 69.2 Å². The summed E-state index contributed by atoms with van der Waals surface area (Å²) < 4.78 is 15.9.